The van der Waals surface area contributed by atoms with Gasteiger partial charge in [0.25, 0.3) is 0 Å². The summed E-state index contributed by atoms with van der Waals surface area (Å²) in [5, 5.41) is 3.40. The Morgan fingerprint density at radius 1 is 1.10 bits per heavy atom. The van der Waals surface area contributed by atoms with E-state index in [1.807, 2.05) is 12.1 Å². The Labute approximate surface area is 123 Å². The summed E-state index contributed by atoms with van der Waals surface area (Å²) in [5.41, 5.74) is 7.94. The summed E-state index contributed by atoms with van der Waals surface area (Å²) in [6.45, 7) is 2.11. The minimum absolute atomic E-state index is 0.199. The lowest BCUT2D eigenvalue weighted by Gasteiger charge is -2.16. The maximum Gasteiger partial charge on any atom is 0.248 e. The highest BCUT2D eigenvalue weighted by Crippen LogP contribution is 2.22. The van der Waals surface area contributed by atoms with Gasteiger partial charge < -0.3 is 11.1 Å². The molecule has 0 saturated heterocycles. The predicted octanol–water partition coefficient (Wildman–Crippen LogP) is 3.68. The van der Waals surface area contributed by atoms with Crippen LogP contribution in [0.5, 0.6) is 0 Å². The standard InChI is InChI=1S/C16H18N2OS/c1-11(12-5-9-15(20-2)10-6-12)18-14-7-3-13(4-8-14)16(17)19/h3-11,18H,1-2H3,(H2,17,19). The first kappa shape index (κ1) is 14.5. The summed E-state index contributed by atoms with van der Waals surface area (Å²) >= 11 is 1.73. The first-order chi connectivity index (χ1) is 9.60. The molecule has 2 rings (SSSR count). The number of benzene rings is 2. The molecule has 0 saturated carbocycles. The van der Waals surface area contributed by atoms with E-state index in [1.54, 1.807) is 23.9 Å². The number of nitrogens with two attached hydrogens (primary N) is 1. The molecule has 2 aromatic rings. The Balaban J connectivity index is 2.06. The summed E-state index contributed by atoms with van der Waals surface area (Å²) in [7, 11) is 0. The van der Waals surface area contributed by atoms with Crippen molar-refractivity contribution in [1.82, 2.24) is 0 Å². The zero-order valence-corrected chi connectivity index (χ0v) is 12.4. The van der Waals surface area contributed by atoms with Crippen LogP contribution in [0.3, 0.4) is 0 Å². The quantitative estimate of drug-likeness (QED) is 0.824. The molecule has 0 aliphatic rings. The van der Waals surface area contributed by atoms with Crippen LogP contribution in [0.15, 0.2) is 53.4 Å². The molecule has 0 aliphatic heterocycles. The minimum atomic E-state index is -0.405. The zero-order valence-electron chi connectivity index (χ0n) is 11.6. The lowest BCUT2D eigenvalue weighted by atomic mass is 10.1. The number of amides is 1. The predicted molar refractivity (Wildman–Crippen MR) is 85.2 cm³/mol. The average Bonchev–Trinajstić information content (AvgIpc) is 2.48. The normalized spacial score (nSPS) is 11.9. The fourth-order valence-corrected chi connectivity index (χ4v) is 2.36. The average molecular weight is 286 g/mol. The van der Waals surface area contributed by atoms with Crippen LogP contribution in [0.4, 0.5) is 5.69 Å². The van der Waals surface area contributed by atoms with Crippen LogP contribution in [0.2, 0.25) is 0 Å². The van der Waals surface area contributed by atoms with Gasteiger partial charge in [-0.25, -0.2) is 0 Å². The van der Waals surface area contributed by atoms with E-state index < -0.39 is 5.91 Å². The second kappa shape index (κ2) is 6.48. The molecule has 0 fully saturated rings. The molecule has 1 unspecified atom stereocenters. The third-order valence-electron chi connectivity index (χ3n) is 3.17. The number of thioether (sulfide) groups is 1. The fraction of sp³-hybridized carbons (Fsp3) is 0.188. The molecule has 0 bridgehead atoms. The molecule has 1 atom stereocenters. The lowest BCUT2D eigenvalue weighted by molar-refractivity contribution is 0.100. The van der Waals surface area contributed by atoms with Crippen molar-refractivity contribution in [2.45, 2.75) is 17.9 Å². The number of hydrogen-bond donors (Lipinski definition) is 2. The first-order valence-electron chi connectivity index (χ1n) is 6.40. The number of rotatable bonds is 5. The zero-order chi connectivity index (χ0) is 14.5. The Morgan fingerprint density at radius 2 is 1.70 bits per heavy atom. The molecule has 0 heterocycles. The maximum absolute atomic E-state index is 11.0. The van der Waals surface area contributed by atoms with Crippen LogP contribution >= 0.6 is 11.8 Å². The number of nitrogens with one attached hydrogen (secondary N) is 1. The van der Waals surface area contributed by atoms with Gasteiger partial charge >= 0.3 is 0 Å². The van der Waals surface area contributed by atoms with Gasteiger partial charge in [0.1, 0.15) is 0 Å². The van der Waals surface area contributed by atoms with Gasteiger partial charge in [0.15, 0.2) is 0 Å². The highest BCUT2D eigenvalue weighted by Gasteiger charge is 2.06. The Hall–Kier alpha value is -1.94. The molecule has 4 heteroatoms. The fourth-order valence-electron chi connectivity index (χ4n) is 1.96. The summed E-state index contributed by atoms with van der Waals surface area (Å²) in [4.78, 5) is 12.3. The summed E-state index contributed by atoms with van der Waals surface area (Å²) in [5.74, 6) is -0.405. The van der Waals surface area contributed by atoms with Gasteiger partial charge in [-0.2, -0.15) is 0 Å². The molecule has 3 nitrogen and oxygen atoms in total. The van der Waals surface area contributed by atoms with Crippen LogP contribution in [-0.4, -0.2) is 12.2 Å². The third kappa shape index (κ3) is 3.54. The molecule has 0 radical (unpaired) electrons. The van der Waals surface area contributed by atoms with E-state index in [0.717, 1.165) is 5.69 Å². The van der Waals surface area contributed by atoms with Gasteiger partial charge in [-0.3, -0.25) is 4.79 Å². The van der Waals surface area contributed by atoms with E-state index >= 15 is 0 Å². The summed E-state index contributed by atoms with van der Waals surface area (Å²) in [6.07, 6.45) is 2.07. The van der Waals surface area contributed by atoms with Crippen molar-refractivity contribution >= 4 is 23.4 Å². The maximum atomic E-state index is 11.0. The first-order valence-corrected chi connectivity index (χ1v) is 7.63. The van der Waals surface area contributed by atoms with Gasteiger partial charge in [0.05, 0.1) is 0 Å². The van der Waals surface area contributed by atoms with Crippen LogP contribution in [0.1, 0.15) is 28.9 Å². The Kier molecular flexibility index (Phi) is 4.69. The molecule has 1 amide bonds. The van der Waals surface area contributed by atoms with E-state index in [9.17, 15) is 4.79 Å². The molecule has 0 spiro atoms. The van der Waals surface area contributed by atoms with Crippen LogP contribution in [-0.2, 0) is 0 Å². The highest BCUT2D eigenvalue weighted by atomic mass is 32.2. The molecule has 2 aromatic carbocycles. The van der Waals surface area contributed by atoms with Crippen molar-refractivity contribution < 1.29 is 4.79 Å². The van der Waals surface area contributed by atoms with E-state index in [4.69, 9.17) is 5.73 Å². The van der Waals surface area contributed by atoms with E-state index in [0.29, 0.717) is 5.56 Å². The summed E-state index contributed by atoms with van der Waals surface area (Å²) < 4.78 is 0. The number of hydrogen-bond acceptors (Lipinski definition) is 3. The molecule has 20 heavy (non-hydrogen) atoms. The second-order valence-corrected chi connectivity index (χ2v) is 5.46. The number of carbonyl (C=O) groups is 1. The van der Waals surface area contributed by atoms with Crippen molar-refractivity contribution in [1.29, 1.82) is 0 Å². The van der Waals surface area contributed by atoms with Crippen LogP contribution in [0.25, 0.3) is 0 Å². The van der Waals surface area contributed by atoms with Crippen molar-refractivity contribution in [3.8, 4) is 0 Å². The van der Waals surface area contributed by atoms with Crippen molar-refractivity contribution in [3.63, 3.8) is 0 Å². The van der Waals surface area contributed by atoms with Crippen LogP contribution < -0.4 is 11.1 Å². The van der Waals surface area contributed by atoms with E-state index in [2.05, 4.69) is 42.8 Å². The van der Waals surface area contributed by atoms with Gasteiger partial charge in [-0.1, -0.05) is 12.1 Å². The van der Waals surface area contributed by atoms with Gasteiger partial charge in [-0.05, 0) is 55.1 Å². The van der Waals surface area contributed by atoms with Crippen molar-refractivity contribution in [3.05, 3.63) is 59.7 Å². The number of carbonyl (C=O) groups excluding carboxylic acids is 1. The van der Waals surface area contributed by atoms with Gasteiger partial charge in [-0.15, -0.1) is 11.8 Å². The van der Waals surface area contributed by atoms with Gasteiger partial charge in [0, 0.05) is 22.2 Å². The monoisotopic (exact) mass is 286 g/mol. The van der Waals surface area contributed by atoms with Crippen LogP contribution in [0, 0.1) is 0 Å². The minimum Gasteiger partial charge on any atom is -0.379 e. The molecule has 104 valence electrons. The second-order valence-electron chi connectivity index (χ2n) is 4.58. The molecular weight excluding hydrogens is 268 g/mol. The molecule has 3 N–H and O–H groups in total. The number of anilines is 1. The SMILES string of the molecule is CSc1ccc(C(C)Nc2ccc(C(N)=O)cc2)cc1. The third-order valence-corrected chi connectivity index (χ3v) is 3.91. The topological polar surface area (TPSA) is 55.1 Å². The molecular formula is C16H18N2OS. The Morgan fingerprint density at radius 3 is 2.20 bits per heavy atom. The van der Waals surface area contributed by atoms with Crippen molar-refractivity contribution in [2.75, 3.05) is 11.6 Å². The largest absolute Gasteiger partial charge is 0.379 e. The molecule has 0 aliphatic carbocycles. The van der Waals surface area contributed by atoms with Crippen molar-refractivity contribution in [2.24, 2.45) is 5.73 Å². The highest BCUT2D eigenvalue weighted by molar-refractivity contribution is 7.98. The molecule has 0 aromatic heterocycles. The van der Waals surface area contributed by atoms with Gasteiger partial charge in [0.2, 0.25) is 5.91 Å². The van der Waals surface area contributed by atoms with E-state index in [1.165, 1.54) is 10.5 Å². The Bertz CT molecular complexity index is 578. The summed E-state index contributed by atoms with van der Waals surface area (Å²) in [6, 6.07) is 15.9. The number of primary amides is 1. The van der Waals surface area contributed by atoms with E-state index in [-0.39, 0.29) is 6.04 Å². The lowest BCUT2D eigenvalue weighted by Crippen LogP contribution is -2.11. The smallest absolute Gasteiger partial charge is 0.248 e.